The molecule has 2 aromatic carbocycles. The summed E-state index contributed by atoms with van der Waals surface area (Å²) >= 11 is 5.52. The first kappa shape index (κ1) is 10.6. The van der Waals surface area contributed by atoms with Crippen molar-refractivity contribution in [1.29, 1.82) is 0 Å². The lowest BCUT2D eigenvalue weighted by Crippen LogP contribution is -1.81. The highest BCUT2D eigenvalue weighted by molar-refractivity contribution is 7.75. The largest absolute Gasteiger partial charge is 0.428 e. The third-order valence-corrected chi connectivity index (χ3v) is 3.78. The second-order valence-corrected chi connectivity index (χ2v) is 4.79. The summed E-state index contributed by atoms with van der Waals surface area (Å²) in [5, 5.41) is 0.954. The van der Waals surface area contributed by atoms with Crippen LogP contribution in [0.1, 0.15) is 0 Å². The minimum absolute atomic E-state index is 0.731. The van der Waals surface area contributed by atoms with Crippen molar-refractivity contribution in [1.82, 2.24) is 4.98 Å². The third-order valence-electron chi connectivity index (χ3n) is 2.51. The third kappa shape index (κ3) is 1.90. The van der Waals surface area contributed by atoms with E-state index in [0.29, 0.717) is 0 Å². The summed E-state index contributed by atoms with van der Waals surface area (Å²) in [6.07, 6.45) is 0. The molecule has 0 N–H and O–H groups in total. The predicted molar refractivity (Wildman–Crippen MR) is 74.7 cm³/mol. The predicted octanol–water partition coefficient (Wildman–Crippen LogP) is 4.19. The molecule has 1 heterocycles. The van der Waals surface area contributed by atoms with Crippen LogP contribution in [0, 0.1) is 0 Å². The van der Waals surface area contributed by atoms with Gasteiger partial charge in [0.05, 0.1) is 15.8 Å². The lowest BCUT2D eigenvalue weighted by atomic mass is 10.2. The fraction of sp³-hybridized carbons (Fsp3) is 0. The van der Waals surface area contributed by atoms with E-state index in [1.807, 2.05) is 42.5 Å². The van der Waals surface area contributed by atoms with Gasteiger partial charge in [-0.05, 0) is 24.3 Å². The summed E-state index contributed by atoms with van der Waals surface area (Å²) in [6.45, 7) is 0. The Bertz CT molecular complexity index is 630. The molecular weight excluding hydrogens is 250 g/mol. The van der Waals surface area contributed by atoms with E-state index in [1.54, 1.807) is 11.3 Å². The zero-order chi connectivity index (χ0) is 11.7. The van der Waals surface area contributed by atoms with Crippen LogP contribution in [0.15, 0.2) is 48.5 Å². The molecule has 0 saturated heterocycles. The van der Waals surface area contributed by atoms with E-state index >= 15 is 0 Å². The summed E-state index contributed by atoms with van der Waals surface area (Å²) < 4.78 is 6.23. The minimum Gasteiger partial charge on any atom is -0.428 e. The number of hydrogen-bond acceptors (Lipinski definition) is 4. The maximum atomic E-state index is 5.06. The van der Waals surface area contributed by atoms with Crippen molar-refractivity contribution in [2.75, 3.05) is 0 Å². The van der Waals surface area contributed by atoms with Gasteiger partial charge >= 0.3 is 0 Å². The Morgan fingerprint density at radius 2 is 1.76 bits per heavy atom. The van der Waals surface area contributed by atoms with Crippen molar-refractivity contribution in [3.8, 4) is 16.3 Å². The fourth-order valence-corrected chi connectivity index (χ4v) is 2.87. The summed E-state index contributed by atoms with van der Waals surface area (Å²) in [5.74, 6) is 0.731. The van der Waals surface area contributed by atoms with Gasteiger partial charge in [0.15, 0.2) is 0 Å². The van der Waals surface area contributed by atoms with Crippen molar-refractivity contribution in [2.45, 2.75) is 0 Å². The maximum Gasteiger partial charge on any atom is 0.147 e. The fourth-order valence-electron chi connectivity index (χ4n) is 1.71. The van der Waals surface area contributed by atoms with Crippen molar-refractivity contribution in [3.05, 3.63) is 48.5 Å². The van der Waals surface area contributed by atoms with Gasteiger partial charge in [-0.25, -0.2) is 4.98 Å². The number of hydrogen-bond donors (Lipinski definition) is 1. The number of aromatic nitrogens is 1. The van der Waals surface area contributed by atoms with E-state index in [-0.39, 0.29) is 0 Å². The number of thiazole rings is 1. The molecule has 0 spiro atoms. The van der Waals surface area contributed by atoms with Crippen LogP contribution in [0.2, 0.25) is 0 Å². The van der Waals surface area contributed by atoms with Crippen LogP contribution in [-0.2, 0) is 0 Å². The molecule has 0 aliphatic carbocycles. The van der Waals surface area contributed by atoms with E-state index in [4.69, 9.17) is 4.18 Å². The van der Waals surface area contributed by atoms with Crippen LogP contribution in [0.4, 0.5) is 0 Å². The summed E-state index contributed by atoms with van der Waals surface area (Å²) in [7, 11) is 0. The number of rotatable bonds is 2. The molecule has 0 aliphatic heterocycles. The topological polar surface area (TPSA) is 22.1 Å². The monoisotopic (exact) mass is 259 g/mol. The first-order valence-electron chi connectivity index (χ1n) is 5.15. The van der Waals surface area contributed by atoms with Gasteiger partial charge in [-0.2, -0.15) is 0 Å². The van der Waals surface area contributed by atoms with Gasteiger partial charge in [-0.1, -0.05) is 24.3 Å². The van der Waals surface area contributed by atoms with Gasteiger partial charge in [-0.3, -0.25) is 0 Å². The molecule has 0 radical (unpaired) electrons. The van der Waals surface area contributed by atoms with E-state index < -0.39 is 0 Å². The molecular formula is C13H9NOS2. The van der Waals surface area contributed by atoms with Crippen LogP contribution >= 0.6 is 24.2 Å². The van der Waals surface area contributed by atoms with Crippen molar-refractivity contribution < 1.29 is 4.18 Å². The number of nitrogens with zero attached hydrogens (tertiary/aromatic N) is 1. The highest BCUT2D eigenvalue weighted by Crippen LogP contribution is 2.35. The Morgan fingerprint density at radius 1 is 1.00 bits per heavy atom. The molecule has 0 bridgehead atoms. The van der Waals surface area contributed by atoms with Crippen LogP contribution < -0.4 is 4.18 Å². The minimum atomic E-state index is 0.731. The molecule has 3 rings (SSSR count). The molecule has 0 unspecified atom stereocenters. The molecule has 84 valence electrons. The number of para-hydroxylation sites is 2. The summed E-state index contributed by atoms with van der Waals surface area (Å²) in [5.41, 5.74) is 1.99. The van der Waals surface area contributed by atoms with Gasteiger partial charge in [0.1, 0.15) is 10.8 Å². The molecule has 2 nitrogen and oxygen atoms in total. The Kier molecular flexibility index (Phi) is 2.74. The quantitative estimate of drug-likeness (QED) is 0.550. The first-order chi connectivity index (χ1) is 8.38. The molecule has 17 heavy (non-hydrogen) atoms. The number of benzene rings is 2. The van der Waals surface area contributed by atoms with E-state index in [9.17, 15) is 0 Å². The molecule has 0 aliphatic rings. The van der Waals surface area contributed by atoms with E-state index in [1.165, 1.54) is 4.70 Å². The first-order valence-corrected chi connectivity index (χ1v) is 6.33. The lowest BCUT2D eigenvalue weighted by Gasteiger charge is -2.02. The number of fused-ring (bicyclic) bond motifs is 1. The van der Waals surface area contributed by atoms with Gasteiger partial charge in [0.25, 0.3) is 0 Å². The van der Waals surface area contributed by atoms with E-state index in [2.05, 4.69) is 24.0 Å². The van der Waals surface area contributed by atoms with Crippen LogP contribution in [0.3, 0.4) is 0 Å². The van der Waals surface area contributed by atoms with Crippen molar-refractivity contribution in [3.63, 3.8) is 0 Å². The second kappa shape index (κ2) is 4.39. The average molecular weight is 259 g/mol. The van der Waals surface area contributed by atoms with Gasteiger partial charge in [0, 0.05) is 12.9 Å². The second-order valence-electron chi connectivity index (χ2n) is 3.57. The average Bonchev–Trinajstić information content (AvgIpc) is 2.82. The Morgan fingerprint density at radius 3 is 2.59 bits per heavy atom. The van der Waals surface area contributed by atoms with Gasteiger partial charge in [0.2, 0.25) is 0 Å². The lowest BCUT2D eigenvalue weighted by molar-refractivity contribution is 0.661. The van der Waals surface area contributed by atoms with Crippen molar-refractivity contribution in [2.24, 2.45) is 0 Å². The molecule has 3 aromatic rings. The van der Waals surface area contributed by atoms with Crippen LogP contribution in [0.25, 0.3) is 20.8 Å². The van der Waals surface area contributed by atoms with E-state index in [0.717, 1.165) is 21.8 Å². The molecule has 4 heteroatoms. The molecule has 0 amide bonds. The Labute approximate surface area is 109 Å². The normalized spacial score (nSPS) is 10.6. The Hall–Kier alpha value is -1.52. The van der Waals surface area contributed by atoms with Crippen molar-refractivity contribution >= 4 is 34.5 Å². The van der Waals surface area contributed by atoms with Crippen LogP contribution in [0.5, 0.6) is 5.75 Å². The zero-order valence-corrected chi connectivity index (χ0v) is 10.5. The SMILES string of the molecule is SOc1ccccc1-c1nc2ccccc2s1. The summed E-state index contributed by atoms with van der Waals surface area (Å²) in [6, 6.07) is 15.9. The summed E-state index contributed by atoms with van der Waals surface area (Å²) in [4.78, 5) is 4.60. The highest BCUT2D eigenvalue weighted by Gasteiger charge is 2.10. The van der Waals surface area contributed by atoms with Gasteiger partial charge < -0.3 is 4.18 Å². The Balaban J connectivity index is 2.20. The molecule has 1 aromatic heterocycles. The molecule has 0 fully saturated rings. The molecule has 0 saturated carbocycles. The number of thiol groups is 1. The van der Waals surface area contributed by atoms with Crippen LogP contribution in [-0.4, -0.2) is 4.98 Å². The molecule has 0 atom stereocenters. The smallest absolute Gasteiger partial charge is 0.147 e. The standard InChI is InChI=1S/C13H9NOS2/c16-15-11-7-3-1-5-9(11)13-14-10-6-2-4-8-12(10)17-13/h1-8,16H. The maximum absolute atomic E-state index is 5.06. The van der Waals surface area contributed by atoms with Gasteiger partial charge in [-0.15, -0.1) is 11.3 Å². The highest BCUT2D eigenvalue weighted by atomic mass is 32.1. The zero-order valence-electron chi connectivity index (χ0n) is 8.83.